The summed E-state index contributed by atoms with van der Waals surface area (Å²) >= 11 is 3.42. The summed E-state index contributed by atoms with van der Waals surface area (Å²) in [5, 5.41) is 3.37. The van der Waals surface area contributed by atoms with Crippen molar-refractivity contribution in [2.45, 2.75) is 19.9 Å². The Bertz CT molecular complexity index is 613. The molecule has 0 aliphatic carbocycles. The molecule has 0 amide bonds. The van der Waals surface area contributed by atoms with Crippen LogP contribution in [0.5, 0.6) is 5.75 Å². The van der Waals surface area contributed by atoms with E-state index in [0.717, 1.165) is 41.2 Å². The van der Waals surface area contributed by atoms with Gasteiger partial charge in [0.25, 0.3) is 0 Å². The van der Waals surface area contributed by atoms with E-state index in [1.54, 1.807) is 0 Å². The Labute approximate surface area is 121 Å². The van der Waals surface area contributed by atoms with Crippen molar-refractivity contribution in [2.75, 3.05) is 11.9 Å². The zero-order chi connectivity index (χ0) is 13.2. The number of hydrogen-bond donors (Lipinski definition) is 1. The summed E-state index contributed by atoms with van der Waals surface area (Å²) in [5.74, 6) is 1.96. The van der Waals surface area contributed by atoms with Gasteiger partial charge >= 0.3 is 0 Å². The summed E-state index contributed by atoms with van der Waals surface area (Å²) in [4.78, 5) is 4.38. The number of fused-ring (bicyclic) bond motifs is 1. The number of pyridine rings is 1. The van der Waals surface area contributed by atoms with Gasteiger partial charge in [-0.2, -0.15) is 0 Å². The summed E-state index contributed by atoms with van der Waals surface area (Å²) < 4.78 is 6.52. The van der Waals surface area contributed by atoms with Crippen LogP contribution in [0.3, 0.4) is 0 Å². The molecule has 1 aromatic heterocycles. The van der Waals surface area contributed by atoms with Crippen LogP contribution in [0.4, 0.5) is 5.82 Å². The van der Waals surface area contributed by atoms with Crippen molar-refractivity contribution in [2.24, 2.45) is 0 Å². The summed E-state index contributed by atoms with van der Waals surface area (Å²) in [6, 6.07) is 8.43. The van der Waals surface area contributed by atoms with Gasteiger partial charge in [0.15, 0.2) is 0 Å². The molecule has 0 fully saturated rings. The Morgan fingerprint density at radius 1 is 1.37 bits per heavy atom. The summed E-state index contributed by atoms with van der Waals surface area (Å²) in [5.41, 5.74) is 3.70. The molecule has 1 aliphatic rings. The van der Waals surface area contributed by atoms with E-state index in [1.165, 1.54) is 11.1 Å². The number of nitrogens with zero attached hydrogens (tertiary/aromatic N) is 1. The van der Waals surface area contributed by atoms with E-state index >= 15 is 0 Å². The summed E-state index contributed by atoms with van der Waals surface area (Å²) in [6.45, 7) is 3.64. The molecule has 3 rings (SSSR count). The number of aryl methyl sites for hydroxylation is 1. The quantitative estimate of drug-likeness (QED) is 0.937. The number of aromatic nitrogens is 1. The van der Waals surface area contributed by atoms with Crippen molar-refractivity contribution in [1.29, 1.82) is 0 Å². The Hall–Kier alpha value is -1.55. The van der Waals surface area contributed by atoms with Gasteiger partial charge in [0.1, 0.15) is 11.6 Å². The second-order valence-corrected chi connectivity index (χ2v) is 5.63. The fourth-order valence-corrected chi connectivity index (χ4v) is 2.71. The van der Waals surface area contributed by atoms with Crippen molar-refractivity contribution in [1.82, 2.24) is 4.98 Å². The van der Waals surface area contributed by atoms with Gasteiger partial charge in [0, 0.05) is 23.6 Å². The first kappa shape index (κ1) is 12.5. The maximum Gasteiger partial charge on any atom is 0.129 e. The van der Waals surface area contributed by atoms with Gasteiger partial charge in [0.2, 0.25) is 0 Å². The van der Waals surface area contributed by atoms with E-state index in [2.05, 4.69) is 57.4 Å². The third-order valence-corrected chi connectivity index (χ3v) is 3.69. The highest BCUT2D eigenvalue weighted by Crippen LogP contribution is 2.26. The second-order valence-electron chi connectivity index (χ2n) is 4.71. The highest BCUT2D eigenvalue weighted by Gasteiger charge is 2.11. The SMILES string of the molecule is Cc1cc(Br)cnc1NCc1ccc2c(c1)CCO2. The van der Waals surface area contributed by atoms with Gasteiger partial charge < -0.3 is 10.1 Å². The third kappa shape index (κ3) is 2.73. The average Bonchev–Trinajstić information content (AvgIpc) is 2.85. The molecule has 4 heteroatoms. The van der Waals surface area contributed by atoms with Gasteiger partial charge in [-0.25, -0.2) is 4.98 Å². The van der Waals surface area contributed by atoms with Crippen molar-refractivity contribution in [3.63, 3.8) is 0 Å². The highest BCUT2D eigenvalue weighted by molar-refractivity contribution is 9.10. The van der Waals surface area contributed by atoms with Crippen LogP contribution in [0, 0.1) is 6.92 Å². The van der Waals surface area contributed by atoms with Gasteiger partial charge in [-0.05, 0) is 51.7 Å². The van der Waals surface area contributed by atoms with Crippen LogP contribution in [0.2, 0.25) is 0 Å². The number of halogens is 1. The number of nitrogens with one attached hydrogen (secondary N) is 1. The molecule has 2 heterocycles. The molecule has 1 N–H and O–H groups in total. The number of hydrogen-bond acceptors (Lipinski definition) is 3. The molecular weight excluding hydrogens is 304 g/mol. The highest BCUT2D eigenvalue weighted by atomic mass is 79.9. The molecule has 0 atom stereocenters. The second kappa shape index (κ2) is 5.21. The Balaban J connectivity index is 1.72. The van der Waals surface area contributed by atoms with Crippen LogP contribution in [0.25, 0.3) is 0 Å². The number of benzene rings is 1. The molecule has 0 bridgehead atoms. The third-order valence-electron chi connectivity index (χ3n) is 3.26. The van der Waals surface area contributed by atoms with Crippen LogP contribution in [0.1, 0.15) is 16.7 Å². The zero-order valence-electron chi connectivity index (χ0n) is 10.7. The molecule has 0 radical (unpaired) electrons. The fraction of sp³-hybridized carbons (Fsp3) is 0.267. The molecular formula is C15H15BrN2O. The number of rotatable bonds is 3. The number of ether oxygens (including phenoxy) is 1. The van der Waals surface area contributed by atoms with E-state index in [9.17, 15) is 0 Å². The molecule has 0 saturated carbocycles. The first-order chi connectivity index (χ1) is 9.22. The minimum Gasteiger partial charge on any atom is -0.493 e. The summed E-state index contributed by atoms with van der Waals surface area (Å²) in [6.07, 6.45) is 2.82. The van der Waals surface area contributed by atoms with Crippen molar-refractivity contribution in [3.8, 4) is 5.75 Å². The van der Waals surface area contributed by atoms with E-state index in [0.29, 0.717) is 0 Å². The molecule has 0 saturated heterocycles. The fourth-order valence-electron chi connectivity index (χ4n) is 2.26. The predicted molar refractivity (Wildman–Crippen MR) is 79.6 cm³/mol. The molecule has 2 aromatic rings. The summed E-state index contributed by atoms with van der Waals surface area (Å²) in [7, 11) is 0. The lowest BCUT2D eigenvalue weighted by atomic mass is 10.1. The standard InChI is InChI=1S/C15H15BrN2O/c1-10-6-13(16)9-18-15(10)17-8-11-2-3-14-12(7-11)4-5-19-14/h2-3,6-7,9H,4-5,8H2,1H3,(H,17,18). The maximum absolute atomic E-state index is 5.51. The maximum atomic E-state index is 5.51. The Morgan fingerprint density at radius 2 is 2.26 bits per heavy atom. The molecule has 0 unspecified atom stereocenters. The molecule has 0 spiro atoms. The average molecular weight is 319 g/mol. The molecule has 1 aliphatic heterocycles. The first-order valence-electron chi connectivity index (χ1n) is 6.33. The first-order valence-corrected chi connectivity index (χ1v) is 7.12. The lowest BCUT2D eigenvalue weighted by molar-refractivity contribution is 0.357. The Kier molecular flexibility index (Phi) is 3.42. The lowest BCUT2D eigenvalue weighted by Crippen LogP contribution is -2.03. The molecule has 19 heavy (non-hydrogen) atoms. The molecule has 1 aromatic carbocycles. The van der Waals surface area contributed by atoms with E-state index in [4.69, 9.17) is 4.74 Å². The normalized spacial score (nSPS) is 12.9. The predicted octanol–water partition coefficient (Wildman–Crippen LogP) is 3.70. The topological polar surface area (TPSA) is 34.2 Å². The van der Waals surface area contributed by atoms with Gasteiger partial charge in [-0.3, -0.25) is 0 Å². The zero-order valence-corrected chi connectivity index (χ0v) is 12.3. The number of anilines is 1. The molecule has 3 nitrogen and oxygen atoms in total. The lowest BCUT2D eigenvalue weighted by Gasteiger charge is -2.09. The van der Waals surface area contributed by atoms with Crippen molar-refractivity contribution in [3.05, 3.63) is 51.6 Å². The molecule has 98 valence electrons. The monoisotopic (exact) mass is 318 g/mol. The Morgan fingerprint density at radius 3 is 3.11 bits per heavy atom. The minimum absolute atomic E-state index is 0.781. The van der Waals surface area contributed by atoms with E-state index in [-0.39, 0.29) is 0 Å². The van der Waals surface area contributed by atoms with Crippen LogP contribution >= 0.6 is 15.9 Å². The van der Waals surface area contributed by atoms with Crippen LogP contribution in [-0.2, 0) is 13.0 Å². The van der Waals surface area contributed by atoms with Gasteiger partial charge in [-0.1, -0.05) is 12.1 Å². The van der Waals surface area contributed by atoms with Gasteiger partial charge in [-0.15, -0.1) is 0 Å². The van der Waals surface area contributed by atoms with Crippen LogP contribution < -0.4 is 10.1 Å². The smallest absolute Gasteiger partial charge is 0.129 e. The largest absolute Gasteiger partial charge is 0.493 e. The minimum atomic E-state index is 0.781. The van der Waals surface area contributed by atoms with Gasteiger partial charge in [0.05, 0.1) is 6.61 Å². The van der Waals surface area contributed by atoms with E-state index < -0.39 is 0 Å². The van der Waals surface area contributed by atoms with E-state index in [1.807, 2.05) is 6.20 Å². The van der Waals surface area contributed by atoms with Crippen LogP contribution in [-0.4, -0.2) is 11.6 Å². The van der Waals surface area contributed by atoms with Crippen molar-refractivity contribution >= 4 is 21.7 Å². The van der Waals surface area contributed by atoms with Crippen LogP contribution in [0.15, 0.2) is 34.9 Å². The van der Waals surface area contributed by atoms with Crippen molar-refractivity contribution < 1.29 is 4.74 Å².